The molecule has 0 unspecified atom stereocenters. The van der Waals surface area contributed by atoms with E-state index in [2.05, 4.69) is 56.7 Å². The zero-order valence-electron chi connectivity index (χ0n) is 16.1. The van der Waals surface area contributed by atoms with Crippen LogP contribution >= 0.6 is 11.6 Å². The van der Waals surface area contributed by atoms with Crippen molar-refractivity contribution < 1.29 is 0 Å². The van der Waals surface area contributed by atoms with Crippen LogP contribution in [0.2, 0.25) is 5.02 Å². The molecule has 0 amide bonds. The molecule has 4 rings (SSSR count). The van der Waals surface area contributed by atoms with Gasteiger partial charge < -0.3 is 14.5 Å². The van der Waals surface area contributed by atoms with E-state index in [1.54, 1.807) is 0 Å². The van der Waals surface area contributed by atoms with Gasteiger partial charge in [0.2, 0.25) is 0 Å². The highest BCUT2D eigenvalue weighted by Gasteiger charge is 2.14. The van der Waals surface area contributed by atoms with Gasteiger partial charge in [-0.05, 0) is 43.1 Å². The van der Waals surface area contributed by atoms with E-state index in [1.807, 2.05) is 36.9 Å². The van der Waals surface area contributed by atoms with E-state index >= 15 is 0 Å². The number of nitrogens with one attached hydrogen (secondary N) is 1. The van der Waals surface area contributed by atoms with E-state index in [-0.39, 0.29) is 0 Å². The molecule has 0 bridgehead atoms. The van der Waals surface area contributed by atoms with Gasteiger partial charge in [0.1, 0.15) is 0 Å². The molecule has 0 radical (unpaired) electrons. The molecule has 2 aromatic carbocycles. The fourth-order valence-electron chi connectivity index (χ4n) is 3.75. The SMILES string of the molecule is Cc1c(CNCCCn2ccnc2)c2ccccc2n1Cc1ccccc1Cl. The second-order valence-electron chi connectivity index (χ2n) is 7.09. The number of nitrogens with zero attached hydrogens (tertiary/aromatic N) is 3. The third-order valence-corrected chi connectivity index (χ3v) is 5.65. The summed E-state index contributed by atoms with van der Waals surface area (Å²) in [6, 6.07) is 16.7. The van der Waals surface area contributed by atoms with E-state index in [0.717, 1.165) is 43.2 Å². The van der Waals surface area contributed by atoms with E-state index < -0.39 is 0 Å². The third-order valence-electron chi connectivity index (χ3n) is 5.28. The van der Waals surface area contributed by atoms with Crippen LogP contribution in [0.15, 0.2) is 67.3 Å². The zero-order valence-corrected chi connectivity index (χ0v) is 16.9. The van der Waals surface area contributed by atoms with Crippen molar-refractivity contribution in [3.63, 3.8) is 0 Å². The number of fused-ring (bicyclic) bond motifs is 1. The van der Waals surface area contributed by atoms with Crippen molar-refractivity contribution >= 4 is 22.5 Å². The molecule has 0 aliphatic heterocycles. The topological polar surface area (TPSA) is 34.8 Å². The summed E-state index contributed by atoms with van der Waals surface area (Å²) in [6.45, 7) is 5.82. The quantitative estimate of drug-likeness (QED) is 0.427. The summed E-state index contributed by atoms with van der Waals surface area (Å²) in [4.78, 5) is 4.09. The van der Waals surface area contributed by atoms with E-state index in [9.17, 15) is 0 Å². The van der Waals surface area contributed by atoms with Crippen LogP contribution in [0.5, 0.6) is 0 Å². The first-order chi connectivity index (χ1) is 13.7. The normalized spacial score (nSPS) is 11.4. The number of para-hydroxylation sites is 1. The number of rotatable bonds is 8. The molecule has 0 fully saturated rings. The molecule has 0 saturated heterocycles. The average molecular weight is 393 g/mol. The van der Waals surface area contributed by atoms with Crippen LogP contribution in [0.3, 0.4) is 0 Å². The molecule has 0 aliphatic carbocycles. The second kappa shape index (κ2) is 8.63. The standard InChI is InChI=1S/C23H25ClN4/c1-18-21(15-25-11-6-13-27-14-12-26-17-27)20-8-3-5-10-23(20)28(18)16-19-7-2-4-9-22(19)24/h2-5,7-10,12,14,17,25H,6,11,13,15-16H2,1H3. The molecule has 0 aliphatic rings. The molecule has 4 nitrogen and oxygen atoms in total. The number of benzene rings is 2. The third kappa shape index (κ3) is 3.98. The average Bonchev–Trinajstić information content (AvgIpc) is 3.31. The number of imidazole rings is 1. The van der Waals surface area contributed by atoms with Crippen LogP contribution in [-0.4, -0.2) is 20.7 Å². The van der Waals surface area contributed by atoms with Gasteiger partial charge in [0, 0.05) is 53.6 Å². The van der Waals surface area contributed by atoms with Gasteiger partial charge in [0.05, 0.1) is 6.33 Å². The fraction of sp³-hybridized carbons (Fsp3) is 0.261. The van der Waals surface area contributed by atoms with Crippen LogP contribution in [0.4, 0.5) is 0 Å². The van der Waals surface area contributed by atoms with Crippen molar-refractivity contribution in [1.29, 1.82) is 0 Å². The molecule has 144 valence electrons. The summed E-state index contributed by atoms with van der Waals surface area (Å²) in [7, 11) is 0. The Morgan fingerprint density at radius 3 is 2.71 bits per heavy atom. The molecule has 28 heavy (non-hydrogen) atoms. The van der Waals surface area contributed by atoms with Crippen LogP contribution in [0, 0.1) is 6.92 Å². The van der Waals surface area contributed by atoms with Gasteiger partial charge in [-0.1, -0.05) is 48.0 Å². The number of hydrogen-bond acceptors (Lipinski definition) is 2. The summed E-state index contributed by atoms with van der Waals surface area (Å²) in [6.07, 6.45) is 6.78. The summed E-state index contributed by atoms with van der Waals surface area (Å²) < 4.78 is 4.49. The Morgan fingerprint density at radius 1 is 1.07 bits per heavy atom. The Balaban J connectivity index is 1.50. The highest BCUT2D eigenvalue weighted by atomic mass is 35.5. The minimum absolute atomic E-state index is 0.784. The van der Waals surface area contributed by atoms with Crippen LogP contribution in [-0.2, 0) is 19.6 Å². The van der Waals surface area contributed by atoms with Gasteiger partial charge in [0.25, 0.3) is 0 Å². The first-order valence-corrected chi connectivity index (χ1v) is 10.1. The maximum absolute atomic E-state index is 6.41. The highest BCUT2D eigenvalue weighted by molar-refractivity contribution is 6.31. The lowest BCUT2D eigenvalue weighted by atomic mass is 10.1. The van der Waals surface area contributed by atoms with Gasteiger partial charge in [-0.25, -0.2) is 4.98 Å². The molecule has 5 heteroatoms. The lowest BCUT2D eigenvalue weighted by Crippen LogP contribution is -2.17. The molecule has 4 aromatic rings. The lowest BCUT2D eigenvalue weighted by Gasteiger charge is -2.11. The molecular formula is C23H25ClN4. The van der Waals surface area contributed by atoms with Crippen molar-refractivity contribution in [3.05, 3.63) is 89.1 Å². The zero-order chi connectivity index (χ0) is 19.3. The van der Waals surface area contributed by atoms with Gasteiger partial charge in [-0.15, -0.1) is 0 Å². The molecular weight excluding hydrogens is 368 g/mol. The Hall–Kier alpha value is -2.56. The van der Waals surface area contributed by atoms with Crippen molar-refractivity contribution in [2.75, 3.05) is 6.54 Å². The van der Waals surface area contributed by atoms with Crippen molar-refractivity contribution in [1.82, 2.24) is 19.4 Å². The van der Waals surface area contributed by atoms with Crippen LogP contribution in [0.1, 0.15) is 23.2 Å². The number of hydrogen-bond donors (Lipinski definition) is 1. The summed E-state index contributed by atoms with van der Waals surface area (Å²) >= 11 is 6.41. The minimum Gasteiger partial charge on any atom is -0.340 e. The number of aromatic nitrogens is 3. The van der Waals surface area contributed by atoms with Gasteiger partial charge in [-0.2, -0.15) is 0 Å². The van der Waals surface area contributed by atoms with Crippen molar-refractivity contribution in [3.8, 4) is 0 Å². The highest BCUT2D eigenvalue weighted by Crippen LogP contribution is 2.28. The Morgan fingerprint density at radius 2 is 1.89 bits per heavy atom. The van der Waals surface area contributed by atoms with E-state index in [4.69, 9.17) is 11.6 Å². The first kappa shape index (κ1) is 18.8. The molecule has 2 aromatic heterocycles. The summed E-state index contributed by atoms with van der Waals surface area (Å²) in [5.74, 6) is 0. The Bertz CT molecular complexity index is 1050. The van der Waals surface area contributed by atoms with E-state index in [1.165, 1.54) is 22.2 Å². The number of halogens is 1. The van der Waals surface area contributed by atoms with Crippen molar-refractivity contribution in [2.24, 2.45) is 0 Å². The molecule has 0 saturated carbocycles. The summed E-state index contributed by atoms with van der Waals surface area (Å²) in [5.41, 5.74) is 5.07. The fourth-order valence-corrected chi connectivity index (χ4v) is 3.94. The molecule has 1 N–H and O–H groups in total. The van der Waals surface area contributed by atoms with Gasteiger partial charge >= 0.3 is 0 Å². The van der Waals surface area contributed by atoms with Gasteiger partial charge in [0.15, 0.2) is 0 Å². The monoisotopic (exact) mass is 392 g/mol. The van der Waals surface area contributed by atoms with E-state index in [0.29, 0.717) is 0 Å². The molecule has 0 atom stereocenters. The summed E-state index contributed by atoms with van der Waals surface area (Å²) in [5, 5.41) is 5.74. The van der Waals surface area contributed by atoms with Crippen molar-refractivity contribution in [2.45, 2.75) is 33.0 Å². The molecule has 0 spiro atoms. The lowest BCUT2D eigenvalue weighted by molar-refractivity contribution is 0.580. The van der Waals surface area contributed by atoms with Crippen LogP contribution < -0.4 is 5.32 Å². The van der Waals surface area contributed by atoms with Crippen LogP contribution in [0.25, 0.3) is 10.9 Å². The first-order valence-electron chi connectivity index (χ1n) is 9.70. The Kier molecular flexibility index (Phi) is 5.79. The largest absolute Gasteiger partial charge is 0.340 e. The maximum Gasteiger partial charge on any atom is 0.0945 e. The second-order valence-corrected chi connectivity index (χ2v) is 7.50. The van der Waals surface area contributed by atoms with Gasteiger partial charge in [-0.3, -0.25) is 0 Å². The predicted molar refractivity (Wildman–Crippen MR) is 116 cm³/mol. The smallest absolute Gasteiger partial charge is 0.0945 e. The Labute approximate surface area is 170 Å². The maximum atomic E-state index is 6.41. The predicted octanol–water partition coefficient (Wildman–Crippen LogP) is 5.03. The molecule has 2 heterocycles. The minimum atomic E-state index is 0.784. The number of aryl methyl sites for hydroxylation is 1.